The largest absolute Gasteiger partial charge is 0.361 e. The predicted octanol–water partition coefficient (Wildman–Crippen LogP) is 3.31. The number of amides is 1. The average Bonchev–Trinajstić information content (AvgIpc) is 3.00. The van der Waals surface area contributed by atoms with E-state index in [9.17, 15) is 4.79 Å². The van der Waals surface area contributed by atoms with Crippen molar-refractivity contribution in [1.82, 2.24) is 20.5 Å². The molecule has 0 saturated heterocycles. The Bertz CT molecular complexity index is 807. The first-order valence-electron chi connectivity index (χ1n) is 9.55. The van der Waals surface area contributed by atoms with Gasteiger partial charge in [-0.15, -0.1) is 24.0 Å². The number of nitrogens with zero attached hydrogens (tertiary/aromatic N) is 2. The average molecular weight is 499 g/mol. The molecule has 0 saturated carbocycles. The standard InChI is InChI=1S/C21H33N5O.HI/c1-7-15-9-8-10-17-16(13-24-19(15)17)11-12-23-20(22-5)26(6)14-18(27)25-21(2,3)4;/h8-10,13,24H,7,11-12,14H2,1-6H3,(H,22,23)(H,25,27);1H. The van der Waals surface area contributed by atoms with Crippen LogP contribution in [-0.4, -0.2) is 54.5 Å². The second-order valence-electron chi connectivity index (χ2n) is 7.89. The van der Waals surface area contributed by atoms with Crippen molar-refractivity contribution in [3.05, 3.63) is 35.5 Å². The molecule has 0 fully saturated rings. The predicted molar refractivity (Wildman–Crippen MR) is 129 cm³/mol. The number of aliphatic imine (C=N–C) groups is 1. The van der Waals surface area contributed by atoms with Crippen molar-refractivity contribution in [3.8, 4) is 0 Å². The molecule has 0 unspecified atom stereocenters. The fourth-order valence-corrected chi connectivity index (χ4v) is 3.22. The molecule has 6 nitrogen and oxygen atoms in total. The van der Waals surface area contributed by atoms with Crippen LogP contribution in [0, 0.1) is 0 Å². The fraction of sp³-hybridized carbons (Fsp3) is 0.524. The van der Waals surface area contributed by atoms with E-state index in [4.69, 9.17) is 0 Å². The number of nitrogens with one attached hydrogen (secondary N) is 3. The Balaban J connectivity index is 0.00000392. The maximum Gasteiger partial charge on any atom is 0.240 e. The Morgan fingerprint density at radius 2 is 1.96 bits per heavy atom. The van der Waals surface area contributed by atoms with Crippen LogP contribution in [0.3, 0.4) is 0 Å². The summed E-state index contributed by atoms with van der Waals surface area (Å²) in [6.07, 6.45) is 3.99. The van der Waals surface area contributed by atoms with Gasteiger partial charge in [0.1, 0.15) is 0 Å². The molecule has 7 heteroatoms. The third-order valence-corrected chi connectivity index (χ3v) is 4.41. The first-order valence-corrected chi connectivity index (χ1v) is 9.55. The lowest BCUT2D eigenvalue weighted by Crippen LogP contribution is -2.49. The molecule has 1 aromatic carbocycles. The molecule has 3 N–H and O–H groups in total. The number of carbonyl (C=O) groups excluding carboxylic acids is 1. The molecule has 28 heavy (non-hydrogen) atoms. The summed E-state index contributed by atoms with van der Waals surface area (Å²) >= 11 is 0. The minimum Gasteiger partial charge on any atom is -0.361 e. The number of hydrogen-bond acceptors (Lipinski definition) is 2. The van der Waals surface area contributed by atoms with Crippen LogP contribution < -0.4 is 10.6 Å². The van der Waals surface area contributed by atoms with Gasteiger partial charge in [-0.25, -0.2) is 0 Å². The minimum absolute atomic E-state index is 0. The van der Waals surface area contributed by atoms with Crippen LogP contribution in [-0.2, 0) is 17.6 Å². The van der Waals surface area contributed by atoms with Gasteiger partial charge in [0.25, 0.3) is 0 Å². The third kappa shape index (κ3) is 6.68. The van der Waals surface area contributed by atoms with Crippen LogP contribution in [0.2, 0.25) is 0 Å². The van der Waals surface area contributed by atoms with Gasteiger partial charge in [0.05, 0.1) is 6.54 Å². The minimum atomic E-state index is -0.235. The fourth-order valence-electron chi connectivity index (χ4n) is 3.22. The van der Waals surface area contributed by atoms with Crippen molar-refractivity contribution in [2.24, 2.45) is 4.99 Å². The molecule has 0 bridgehead atoms. The molecule has 1 amide bonds. The van der Waals surface area contributed by atoms with Crippen molar-refractivity contribution >= 4 is 46.7 Å². The van der Waals surface area contributed by atoms with Gasteiger partial charge < -0.3 is 20.5 Å². The molecule has 1 heterocycles. The van der Waals surface area contributed by atoms with Crippen molar-refractivity contribution in [2.75, 3.05) is 27.2 Å². The van der Waals surface area contributed by atoms with Gasteiger partial charge >= 0.3 is 0 Å². The monoisotopic (exact) mass is 499 g/mol. The molecule has 2 aromatic rings. The van der Waals surface area contributed by atoms with E-state index in [1.54, 1.807) is 7.05 Å². The lowest BCUT2D eigenvalue weighted by atomic mass is 10.1. The number of rotatable bonds is 6. The van der Waals surface area contributed by atoms with E-state index in [2.05, 4.69) is 51.9 Å². The lowest BCUT2D eigenvalue weighted by Gasteiger charge is -2.25. The van der Waals surface area contributed by atoms with Crippen molar-refractivity contribution in [3.63, 3.8) is 0 Å². The molecule has 0 aliphatic rings. The number of aromatic amines is 1. The summed E-state index contributed by atoms with van der Waals surface area (Å²) in [4.78, 5) is 21.7. The summed E-state index contributed by atoms with van der Waals surface area (Å²) in [5.74, 6) is 0.699. The summed E-state index contributed by atoms with van der Waals surface area (Å²) < 4.78 is 0. The van der Waals surface area contributed by atoms with Gasteiger partial charge in [-0.3, -0.25) is 9.79 Å². The molecule has 0 radical (unpaired) electrons. The number of hydrogen-bond donors (Lipinski definition) is 3. The molecule has 0 spiro atoms. The van der Waals surface area contributed by atoms with E-state index in [-0.39, 0.29) is 42.0 Å². The van der Waals surface area contributed by atoms with Gasteiger partial charge in [0.15, 0.2) is 5.96 Å². The Hall–Kier alpha value is -1.77. The SMILES string of the molecule is CCc1cccc2c(CCNC(=NC)N(C)CC(=O)NC(C)(C)C)c[nH]c12.I. The first-order chi connectivity index (χ1) is 12.7. The van der Waals surface area contributed by atoms with E-state index in [0.29, 0.717) is 5.96 Å². The second-order valence-corrected chi connectivity index (χ2v) is 7.89. The van der Waals surface area contributed by atoms with Crippen molar-refractivity contribution < 1.29 is 4.79 Å². The quantitative estimate of drug-likeness (QED) is 0.325. The third-order valence-electron chi connectivity index (χ3n) is 4.41. The van der Waals surface area contributed by atoms with Crippen LogP contribution in [0.25, 0.3) is 10.9 Å². The lowest BCUT2D eigenvalue weighted by molar-refractivity contribution is -0.122. The number of aromatic nitrogens is 1. The molecule has 156 valence electrons. The summed E-state index contributed by atoms with van der Waals surface area (Å²) in [5, 5.41) is 7.60. The van der Waals surface area contributed by atoms with Crippen LogP contribution in [0.1, 0.15) is 38.8 Å². The smallest absolute Gasteiger partial charge is 0.240 e. The maximum atomic E-state index is 12.1. The molecule has 2 rings (SSSR count). The van der Waals surface area contributed by atoms with Gasteiger partial charge in [-0.05, 0) is 44.7 Å². The summed E-state index contributed by atoms with van der Waals surface area (Å²) in [6, 6.07) is 6.45. The number of aryl methyl sites for hydroxylation is 1. The number of para-hydroxylation sites is 1. The zero-order valence-corrected chi connectivity index (χ0v) is 20.2. The van der Waals surface area contributed by atoms with Crippen molar-refractivity contribution in [1.29, 1.82) is 0 Å². The van der Waals surface area contributed by atoms with E-state index in [0.717, 1.165) is 19.4 Å². The highest BCUT2D eigenvalue weighted by Gasteiger charge is 2.16. The van der Waals surface area contributed by atoms with Crippen LogP contribution in [0.4, 0.5) is 0 Å². The first kappa shape index (κ1) is 24.3. The maximum absolute atomic E-state index is 12.1. The van der Waals surface area contributed by atoms with Crippen molar-refractivity contribution in [2.45, 2.75) is 46.1 Å². The zero-order chi connectivity index (χ0) is 20.0. The van der Waals surface area contributed by atoms with Crippen LogP contribution >= 0.6 is 24.0 Å². The number of benzene rings is 1. The van der Waals surface area contributed by atoms with Crippen LogP contribution in [0.15, 0.2) is 29.4 Å². The van der Waals surface area contributed by atoms with Gasteiger partial charge in [-0.2, -0.15) is 0 Å². The number of carbonyl (C=O) groups is 1. The molecule has 1 aromatic heterocycles. The molecule has 0 aliphatic heterocycles. The molecule has 0 atom stereocenters. The van der Waals surface area contributed by atoms with E-state index >= 15 is 0 Å². The Kier molecular flexibility index (Phi) is 9.26. The topological polar surface area (TPSA) is 72.5 Å². The Morgan fingerprint density at radius 1 is 1.25 bits per heavy atom. The number of fused-ring (bicyclic) bond motifs is 1. The summed E-state index contributed by atoms with van der Waals surface area (Å²) in [6.45, 7) is 9.12. The highest BCUT2D eigenvalue weighted by atomic mass is 127. The van der Waals surface area contributed by atoms with Gasteiger partial charge in [0, 0.05) is 43.3 Å². The summed E-state index contributed by atoms with van der Waals surface area (Å²) in [5.41, 5.74) is 3.63. The molecular formula is C21H34IN5O. The highest BCUT2D eigenvalue weighted by Crippen LogP contribution is 2.22. The summed E-state index contributed by atoms with van der Waals surface area (Å²) in [7, 11) is 3.61. The van der Waals surface area contributed by atoms with Gasteiger partial charge in [0.2, 0.25) is 5.91 Å². The number of halogens is 1. The number of H-pyrrole nitrogens is 1. The van der Waals surface area contributed by atoms with E-state index < -0.39 is 0 Å². The van der Waals surface area contributed by atoms with E-state index in [1.807, 2.05) is 32.7 Å². The Labute approximate surface area is 185 Å². The number of likely N-dealkylation sites (N-methyl/N-ethyl adjacent to an activating group) is 1. The van der Waals surface area contributed by atoms with Crippen LogP contribution in [0.5, 0.6) is 0 Å². The normalized spacial score (nSPS) is 11.9. The second kappa shape index (κ2) is 10.7. The highest BCUT2D eigenvalue weighted by molar-refractivity contribution is 14.0. The Morgan fingerprint density at radius 3 is 2.57 bits per heavy atom. The molecule has 0 aliphatic carbocycles. The zero-order valence-electron chi connectivity index (χ0n) is 17.8. The number of guanidine groups is 1. The molecular weight excluding hydrogens is 465 g/mol. The van der Waals surface area contributed by atoms with E-state index in [1.165, 1.54) is 22.0 Å². The van der Waals surface area contributed by atoms with Gasteiger partial charge in [-0.1, -0.05) is 25.1 Å².